The van der Waals surface area contributed by atoms with E-state index in [1.165, 1.54) is 7.11 Å². The molecule has 0 bridgehead atoms. The van der Waals surface area contributed by atoms with E-state index in [9.17, 15) is 4.79 Å². The lowest BCUT2D eigenvalue weighted by molar-refractivity contribution is -0.143. The van der Waals surface area contributed by atoms with Crippen LogP contribution < -0.4 is 5.32 Å². The van der Waals surface area contributed by atoms with Gasteiger partial charge in [0, 0.05) is 13.1 Å². The first-order chi connectivity index (χ1) is 8.95. The maximum absolute atomic E-state index is 11.8. The molecule has 1 rings (SSSR count). The van der Waals surface area contributed by atoms with Crippen LogP contribution in [0.25, 0.3) is 0 Å². The second-order valence-corrected chi connectivity index (χ2v) is 5.20. The van der Waals surface area contributed by atoms with Gasteiger partial charge in [-0.1, -0.05) is 29.3 Å². The van der Waals surface area contributed by atoms with Crippen LogP contribution in [0, 0.1) is 0 Å². The highest BCUT2D eigenvalue weighted by Gasteiger charge is 2.21. The summed E-state index contributed by atoms with van der Waals surface area (Å²) in [5, 5.41) is 4.03. The van der Waals surface area contributed by atoms with E-state index in [1.807, 2.05) is 19.0 Å². The Morgan fingerprint density at radius 3 is 2.58 bits per heavy atom. The first-order valence-corrected chi connectivity index (χ1v) is 6.62. The summed E-state index contributed by atoms with van der Waals surface area (Å²) in [6, 6.07) is 4.56. The number of ether oxygens (including phenoxy) is 1. The lowest BCUT2D eigenvalue weighted by Crippen LogP contribution is -2.34. The number of nitrogens with one attached hydrogen (secondary N) is 1. The van der Waals surface area contributed by atoms with Crippen LogP contribution in [-0.4, -0.2) is 45.2 Å². The quantitative estimate of drug-likeness (QED) is 0.819. The van der Waals surface area contributed by atoms with Crippen molar-refractivity contribution in [3.63, 3.8) is 0 Å². The standard InChI is InChI=1S/C13H18Cl2N2O2/c1-17(2)7-6-16-12(13(18)19-3)9-4-5-10(14)11(15)8-9/h4-5,8,12,16H,6-7H2,1-3H3/t12-/m0/s1. The number of methoxy groups -OCH3 is 1. The van der Waals surface area contributed by atoms with Crippen molar-refractivity contribution in [1.29, 1.82) is 0 Å². The van der Waals surface area contributed by atoms with Crippen LogP contribution in [0.15, 0.2) is 18.2 Å². The summed E-state index contributed by atoms with van der Waals surface area (Å²) in [7, 11) is 5.29. The number of hydrogen-bond acceptors (Lipinski definition) is 4. The fourth-order valence-corrected chi connectivity index (χ4v) is 1.89. The van der Waals surface area contributed by atoms with Gasteiger partial charge in [-0.15, -0.1) is 0 Å². The number of benzene rings is 1. The van der Waals surface area contributed by atoms with Crippen LogP contribution in [0.5, 0.6) is 0 Å². The molecule has 0 unspecified atom stereocenters. The molecule has 0 saturated heterocycles. The minimum absolute atomic E-state index is 0.350. The molecular weight excluding hydrogens is 287 g/mol. The van der Waals surface area contributed by atoms with Gasteiger partial charge < -0.3 is 9.64 Å². The maximum atomic E-state index is 11.8. The molecule has 106 valence electrons. The summed E-state index contributed by atoms with van der Waals surface area (Å²) in [6.07, 6.45) is 0. The van der Waals surface area contributed by atoms with Gasteiger partial charge in [0.1, 0.15) is 6.04 Å². The molecule has 1 aromatic carbocycles. The Morgan fingerprint density at radius 1 is 1.37 bits per heavy atom. The number of likely N-dealkylation sites (N-methyl/N-ethyl adjacent to an activating group) is 1. The zero-order chi connectivity index (χ0) is 14.4. The number of esters is 1. The van der Waals surface area contributed by atoms with E-state index >= 15 is 0 Å². The predicted molar refractivity (Wildman–Crippen MR) is 77.8 cm³/mol. The van der Waals surface area contributed by atoms with Crippen molar-refractivity contribution in [3.05, 3.63) is 33.8 Å². The van der Waals surface area contributed by atoms with Gasteiger partial charge in [-0.3, -0.25) is 5.32 Å². The number of hydrogen-bond donors (Lipinski definition) is 1. The molecule has 1 N–H and O–H groups in total. The summed E-state index contributed by atoms with van der Waals surface area (Å²) < 4.78 is 4.80. The average Bonchev–Trinajstić information content (AvgIpc) is 2.37. The number of nitrogens with zero attached hydrogens (tertiary/aromatic N) is 1. The van der Waals surface area contributed by atoms with Crippen molar-refractivity contribution in [3.8, 4) is 0 Å². The third kappa shape index (κ3) is 4.99. The van der Waals surface area contributed by atoms with Crippen molar-refractivity contribution in [2.45, 2.75) is 6.04 Å². The Labute approximate surface area is 123 Å². The number of halogens is 2. The minimum Gasteiger partial charge on any atom is -0.468 e. The van der Waals surface area contributed by atoms with E-state index in [4.69, 9.17) is 27.9 Å². The molecule has 1 atom stereocenters. The van der Waals surface area contributed by atoms with Crippen molar-refractivity contribution in [2.75, 3.05) is 34.3 Å². The largest absolute Gasteiger partial charge is 0.468 e. The molecular formula is C13H18Cl2N2O2. The number of rotatable bonds is 6. The van der Waals surface area contributed by atoms with E-state index in [-0.39, 0.29) is 5.97 Å². The van der Waals surface area contributed by atoms with Crippen LogP contribution in [0.2, 0.25) is 10.0 Å². The van der Waals surface area contributed by atoms with Crippen LogP contribution in [-0.2, 0) is 9.53 Å². The van der Waals surface area contributed by atoms with Crippen molar-refractivity contribution in [2.24, 2.45) is 0 Å². The van der Waals surface area contributed by atoms with Gasteiger partial charge in [-0.25, -0.2) is 4.79 Å². The molecule has 0 radical (unpaired) electrons. The van der Waals surface area contributed by atoms with E-state index < -0.39 is 6.04 Å². The summed E-state index contributed by atoms with van der Waals surface area (Å²) in [4.78, 5) is 13.8. The maximum Gasteiger partial charge on any atom is 0.327 e. The lowest BCUT2D eigenvalue weighted by Gasteiger charge is -2.18. The normalized spacial score (nSPS) is 12.5. The van der Waals surface area contributed by atoms with Gasteiger partial charge >= 0.3 is 5.97 Å². The first kappa shape index (κ1) is 16.2. The van der Waals surface area contributed by atoms with Gasteiger partial charge in [0.15, 0.2) is 0 Å². The van der Waals surface area contributed by atoms with E-state index in [1.54, 1.807) is 18.2 Å². The third-order valence-electron chi connectivity index (χ3n) is 2.62. The molecule has 0 fully saturated rings. The third-order valence-corrected chi connectivity index (χ3v) is 3.36. The van der Waals surface area contributed by atoms with E-state index in [2.05, 4.69) is 5.32 Å². The van der Waals surface area contributed by atoms with Gasteiger partial charge in [0.2, 0.25) is 0 Å². The molecule has 0 spiro atoms. The molecule has 0 aliphatic heterocycles. The monoisotopic (exact) mass is 304 g/mol. The summed E-state index contributed by atoms with van der Waals surface area (Å²) in [5.74, 6) is -0.350. The molecule has 0 amide bonds. The van der Waals surface area contributed by atoms with Gasteiger partial charge in [-0.2, -0.15) is 0 Å². The van der Waals surface area contributed by atoms with Gasteiger partial charge in [-0.05, 0) is 31.8 Å². The molecule has 0 heterocycles. The Morgan fingerprint density at radius 2 is 2.05 bits per heavy atom. The molecule has 6 heteroatoms. The highest BCUT2D eigenvalue weighted by molar-refractivity contribution is 6.42. The Balaban J connectivity index is 2.83. The SMILES string of the molecule is COC(=O)[C@@H](NCCN(C)C)c1ccc(Cl)c(Cl)c1. The Bertz CT molecular complexity index is 439. The fourth-order valence-electron chi connectivity index (χ4n) is 1.58. The summed E-state index contributed by atoms with van der Waals surface area (Å²) in [5.41, 5.74) is 0.736. The van der Waals surface area contributed by atoms with Crippen LogP contribution in [0.1, 0.15) is 11.6 Å². The van der Waals surface area contributed by atoms with Crippen molar-refractivity contribution >= 4 is 29.2 Å². The van der Waals surface area contributed by atoms with Crippen LogP contribution in [0.3, 0.4) is 0 Å². The molecule has 1 aromatic rings. The number of carbonyl (C=O) groups excluding carboxylic acids is 1. The zero-order valence-electron chi connectivity index (χ0n) is 11.2. The second-order valence-electron chi connectivity index (χ2n) is 4.39. The lowest BCUT2D eigenvalue weighted by atomic mass is 10.1. The Kier molecular flexibility index (Phi) is 6.58. The molecule has 0 aliphatic rings. The molecule has 19 heavy (non-hydrogen) atoms. The topological polar surface area (TPSA) is 41.6 Å². The highest BCUT2D eigenvalue weighted by atomic mass is 35.5. The molecule has 0 aromatic heterocycles. The van der Waals surface area contributed by atoms with Crippen molar-refractivity contribution < 1.29 is 9.53 Å². The van der Waals surface area contributed by atoms with E-state index in [0.29, 0.717) is 16.6 Å². The highest BCUT2D eigenvalue weighted by Crippen LogP contribution is 2.26. The van der Waals surface area contributed by atoms with Gasteiger partial charge in [0.05, 0.1) is 17.2 Å². The summed E-state index contributed by atoms with van der Waals surface area (Å²) >= 11 is 11.8. The van der Waals surface area contributed by atoms with Crippen LogP contribution in [0.4, 0.5) is 0 Å². The summed E-state index contributed by atoms with van der Waals surface area (Å²) in [6.45, 7) is 1.47. The zero-order valence-corrected chi connectivity index (χ0v) is 12.8. The van der Waals surface area contributed by atoms with Gasteiger partial charge in [0.25, 0.3) is 0 Å². The molecule has 4 nitrogen and oxygen atoms in total. The van der Waals surface area contributed by atoms with Crippen molar-refractivity contribution in [1.82, 2.24) is 10.2 Å². The fraction of sp³-hybridized carbons (Fsp3) is 0.462. The predicted octanol–water partition coefficient (Wildman–Crippen LogP) is 2.36. The molecule has 0 aliphatic carbocycles. The second kappa shape index (κ2) is 7.70. The van der Waals surface area contributed by atoms with Crippen LogP contribution >= 0.6 is 23.2 Å². The minimum atomic E-state index is -0.542. The van der Waals surface area contributed by atoms with E-state index in [0.717, 1.165) is 12.1 Å². The smallest absolute Gasteiger partial charge is 0.327 e. The number of carbonyl (C=O) groups is 1. The Hall–Kier alpha value is -0.810. The first-order valence-electron chi connectivity index (χ1n) is 5.86. The average molecular weight is 305 g/mol. The molecule has 0 saturated carbocycles.